The van der Waals surface area contributed by atoms with Crippen LogP contribution in [-0.4, -0.2) is 9.78 Å². The third-order valence-electron chi connectivity index (χ3n) is 3.67. The van der Waals surface area contributed by atoms with Gasteiger partial charge in [0.2, 0.25) is 0 Å². The van der Waals surface area contributed by atoms with Gasteiger partial charge in [0, 0.05) is 12.1 Å². The molecular formula is C18H18N2O. The number of hydrogen-bond acceptors (Lipinski definition) is 1. The molecule has 0 spiro atoms. The van der Waals surface area contributed by atoms with Gasteiger partial charge in [0.1, 0.15) is 0 Å². The largest absolute Gasteiger partial charge is 0.294 e. The fourth-order valence-corrected chi connectivity index (χ4v) is 2.51. The van der Waals surface area contributed by atoms with Crippen LogP contribution in [0.4, 0.5) is 0 Å². The van der Waals surface area contributed by atoms with Crippen LogP contribution in [0.2, 0.25) is 0 Å². The Bertz CT molecular complexity index is 795. The molecule has 21 heavy (non-hydrogen) atoms. The molecule has 0 bridgehead atoms. The lowest BCUT2D eigenvalue weighted by Gasteiger charge is -2.03. The minimum absolute atomic E-state index is 0.0271. The fourth-order valence-electron chi connectivity index (χ4n) is 2.51. The lowest BCUT2D eigenvalue weighted by Crippen LogP contribution is -2.16. The molecule has 1 N–H and O–H groups in total. The molecule has 0 aliphatic rings. The van der Waals surface area contributed by atoms with E-state index >= 15 is 0 Å². The van der Waals surface area contributed by atoms with Crippen molar-refractivity contribution in [2.45, 2.75) is 20.4 Å². The predicted molar refractivity (Wildman–Crippen MR) is 86.3 cm³/mol. The number of benzene rings is 2. The molecule has 0 saturated heterocycles. The lowest BCUT2D eigenvalue weighted by atomic mass is 10.0. The SMILES string of the molecule is CCn1[nH]c(-c2ccc(C)cc2)c(-c2ccccc2)c1=O. The first-order valence-corrected chi connectivity index (χ1v) is 7.16. The van der Waals surface area contributed by atoms with Gasteiger partial charge in [-0.1, -0.05) is 60.2 Å². The number of hydrogen-bond donors (Lipinski definition) is 1. The normalized spacial score (nSPS) is 10.8. The standard InChI is InChI=1S/C18H18N2O/c1-3-20-18(21)16(14-7-5-4-6-8-14)17(19-20)15-11-9-13(2)10-12-15/h4-12,19H,3H2,1-2H3. The third-order valence-corrected chi connectivity index (χ3v) is 3.67. The van der Waals surface area contributed by atoms with Gasteiger partial charge in [0.05, 0.1) is 11.3 Å². The number of aromatic nitrogens is 2. The molecule has 0 atom stereocenters. The van der Waals surface area contributed by atoms with E-state index in [1.165, 1.54) is 5.56 Å². The van der Waals surface area contributed by atoms with Crippen LogP contribution in [0, 0.1) is 6.92 Å². The van der Waals surface area contributed by atoms with E-state index in [0.29, 0.717) is 6.54 Å². The Morgan fingerprint density at radius 1 is 0.952 bits per heavy atom. The van der Waals surface area contributed by atoms with Crippen LogP contribution in [0.25, 0.3) is 22.4 Å². The number of rotatable bonds is 3. The van der Waals surface area contributed by atoms with Gasteiger partial charge in [-0.3, -0.25) is 14.6 Å². The molecule has 3 nitrogen and oxygen atoms in total. The van der Waals surface area contributed by atoms with Crippen LogP contribution in [0.3, 0.4) is 0 Å². The van der Waals surface area contributed by atoms with Crippen molar-refractivity contribution >= 4 is 0 Å². The molecule has 0 unspecified atom stereocenters. The molecule has 3 aromatic rings. The first-order chi connectivity index (χ1) is 10.2. The van der Waals surface area contributed by atoms with Crippen LogP contribution >= 0.6 is 0 Å². The van der Waals surface area contributed by atoms with E-state index in [9.17, 15) is 4.79 Å². The molecule has 2 aromatic carbocycles. The van der Waals surface area contributed by atoms with Crippen molar-refractivity contribution in [1.82, 2.24) is 9.78 Å². The van der Waals surface area contributed by atoms with E-state index < -0.39 is 0 Å². The fraction of sp³-hybridized carbons (Fsp3) is 0.167. The highest BCUT2D eigenvalue weighted by atomic mass is 16.1. The zero-order valence-electron chi connectivity index (χ0n) is 12.3. The molecule has 1 aromatic heterocycles. The highest BCUT2D eigenvalue weighted by Crippen LogP contribution is 2.28. The molecule has 0 aliphatic heterocycles. The van der Waals surface area contributed by atoms with E-state index in [1.54, 1.807) is 4.68 Å². The van der Waals surface area contributed by atoms with Crippen LogP contribution in [-0.2, 0) is 6.54 Å². The monoisotopic (exact) mass is 278 g/mol. The molecular weight excluding hydrogens is 260 g/mol. The topological polar surface area (TPSA) is 37.8 Å². The number of aromatic amines is 1. The molecule has 106 valence electrons. The van der Waals surface area contributed by atoms with Gasteiger partial charge in [0.15, 0.2) is 0 Å². The second kappa shape index (κ2) is 5.44. The summed E-state index contributed by atoms with van der Waals surface area (Å²) in [6.07, 6.45) is 0. The molecule has 0 radical (unpaired) electrons. The minimum Gasteiger partial charge on any atom is -0.294 e. The van der Waals surface area contributed by atoms with Crippen molar-refractivity contribution in [2.75, 3.05) is 0 Å². The summed E-state index contributed by atoms with van der Waals surface area (Å²) in [6, 6.07) is 18.0. The Morgan fingerprint density at radius 2 is 1.62 bits per heavy atom. The Morgan fingerprint density at radius 3 is 2.24 bits per heavy atom. The summed E-state index contributed by atoms with van der Waals surface area (Å²) in [5.74, 6) is 0. The quantitative estimate of drug-likeness (QED) is 0.776. The Labute approximate surface area is 123 Å². The van der Waals surface area contributed by atoms with Gasteiger partial charge in [-0.25, -0.2) is 0 Å². The van der Waals surface area contributed by atoms with Crippen LogP contribution in [0.5, 0.6) is 0 Å². The van der Waals surface area contributed by atoms with E-state index in [-0.39, 0.29) is 5.56 Å². The molecule has 3 heteroatoms. The zero-order chi connectivity index (χ0) is 14.8. The molecule has 0 aliphatic carbocycles. The summed E-state index contributed by atoms with van der Waals surface area (Å²) >= 11 is 0. The van der Waals surface area contributed by atoms with Crippen molar-refractivity contribution in [3.63, 3.8) is 0 Å². The molecule has 0 amide bonds. The van der Waals surface area contributed by atoms with Crippen LogP contribution in [0.15, 0.2) is 59.4 Å². The third kappa shape index (κ3) is 2.42. The average Bonchev–Trinajstić information content (AvgIpc) is 2.85. The highest BCUT2D eigenvalue weighted by molar-refractivity contribution is 5.80. The summed E-state index contributed by atoms with van der Waals surface area (Å²) in [5, 5.41) is 3.24. The molecule has 1 heterocycles. The Hall–Kier alpha value is -2.55. The van der Waals surface area contributed by atoms with Crippen LogP contribution < -0.4 is 5.56 Å². The van der Waals surface area contributed by atoms with E-state index in [0.717, 1.165) is 22.4 Å². The van der Waals surface area contributed by atoms with Crippen molar-refractivity contribution in [3.05, 3.63) is 70.5 Å². The van der Waals surface area contributed by atoms with Crippen molar-refractivity contribution in [3.8, 4) is 22.4 Å². The smallest absolute Gasteiger partial charge is 0.274 e. The maximum absolute atomic E-state index is 12.6. The van der Waals surface area contributed by atoms with Crippen molar-refractivity contribution in [2.24, 2.45) is 0 Å². The lowest BCUT2D eigenvalue weighted by molar-refractivity contribution is 0.640. The Balaban J connectivity index is 2.25. The van der Waals surface area contributed by atoms with Gasteiger partial charge in [-0.15, -0.1) is 0 Å². The number of H-pyrrole nitrogens is 1. The highest BCUT2D eigenvalue weighted by Gasteiger charge is 2.16. The van der Waals surface area contributed by atoms with E-state index in [2.05, 4.69) is 24.2 Å². The average molecular weight is 278 g/mol. The summed E-state index contributed by atoms with van der Waals surface area (Å²) < 4.78 is 1.65. The minimum atomic E-state index is 0.0271. The number of nitrogens with one attached hydrogen (secondary N) is 1. The van der Waals surface area contributed by atoms with Gasteiger partial charge in [0.25, 0.3) is 5.56 Å². The summed E-state index contributed by atoms with van der Waals surface area (Å²) in [5.41, 5.74) is 4.83. The zero-order valence-corrected chi connectivity index (χ0v) is 12.3. The van der Waals surface area contributed by atoms with Crippen LogP contribution in [0.1, 0.15) is 12.5 Å². The molecule has 0 fully saturated rings. The first-order valence-electron chi connectivity index (χ1n) is 7.16. The van der Waals surface area contributed by atoms with E-state index in [4.69, 9.17) is 0 Å². The van der Waals surface area contributed by atoms with Crippen molar-refractivity contribution < 1.29 is 0 Å². The van der Waals surface area contributed by atoms with Gasteiger partial charge >= 0.3 is 0 Å². The summed E-state index contributed by atoms with van der Waals surface area (Å²) in [4.78, 5) is 12.6. The van der Waals surface area contributed by atoms with Crippen molar-refractivity contribution in [1.29, 1.82) is 0 Å². The summed E-state index contributed by atoms with van der Waals surface area (Å²) in [7, 11) is 0. The van der Waals surface area contributed by atoms with Gasteiger partial charge in [-0.05, 0) is 19.4 Å². The molecule has 0 saturated carbocycles. The summed E-state index contributed by atoms with van der Waals surface area (Å²) in [6.45, 7) is 4.65. The predicted octanol–water partition coefficient (Wildman–Crippen LogP) is 3.84. The maximum Gasteiger partial charge on any atom is 0.274 e. The van der Waals surface area contributed by atoms with Gasteiger partial charge in [-0.2, -0.15) is 0 Å². The number of aryl methyl sites for hydroxylation is 2. The maximum atomic E-state index is 12.6. The second-order valence-electron chi connectivity index (χ2n) is 5.14. The number of nitrogens with zero attached hydrogens (tertiary/aromatic N) is 1. The molecule has 3 rings (SSSR count). The first kappa shape index (κ1) is 13.4. The Kier molecular flexibility index (Phi) is 3.48. The van der Waals surface area contributed by atoms with E-state index in [1.807, 2.05) is 49.4 Å². The van der Waals surface area contributed by atoms with Gasteiger partial charge < -0.3 is 0 Å². The second-order valence-corrected chi connectivity index (χ2v) is 5.14.